The molecular weight excluding hydrogens is 364 g/mol. The number of sulfone groups is 1. The van der Waals surface area contributed by atoms with Crippen molar-refractivity contribution in [3.05, 3.63) is 36.0 Å². The highest BCUT2D eigenvalue weighted by Gasteiger charge is 2.55. The Labute approximate surface area is 159 Å². The highest BCUT2D eigenvalue weighted by molar-refractivity contribution is 7.91. The van der Waals surface area contributed by atoms with E-state index in [9.17, 15) is 8.42 Å². The topological polar surface area (TPSA) is 98.4 Å². The summed E-state index contributed by atoms with van der Waals surface area (Å²) in [6.07, 6.45) is 2.49. The maximum Gasteiger partial charge on any atom is 0.161 e. The van der Waals surface area contributed by atoms with Crippen LogP contribution in [-0.4, -0.2) is 50.4 Å². The van der Waals surface area contributed by atoms with Crippen LogP contribution in [0, 0.1) is 0 Å². The predicted molar refractivity (Wildman–Crippen MR) is 105 cm³/mol. The fourth-order valence-corrected chi connectivity index (χ4v) is 4.90. The number of benzene rings is 1. The molecule has 2 heterocycles. The quantitative estimate of drug-likeness (QED) is 0.800. The lowest BCUT2D eigenvalue weighted by Crippen LogP contribution is -2.44. The second-order valence-corrected chi connectivity index (χ2v) is 9.77. The lowest BCUT2D eigenvalue weighted by atomic mass is 10.1. The zero-order chi connectivity index (χ0) is 19.2. The van der Waals surface area contributed by atoms with E-state index >= 15 is 0 Å². The van der Waals surface area contributed by atoms with Crippen LogP contribution in [0.5, 0.6) is 0 Å². The first kappa shape index (κ1) is 18.2. The molecule has 1 saturated carbocycles. The minimum atomic E-state index is -3.26. The van der Waals surface area contributed by atoms with Gasteiger partial charge in [0.15, 0.2) is 15.7 Å². The third-order valence-corrected chi connectivity index (χ3v) is 7.46. The van der Waals surface area contributed by atoms with Gasteiger partial charge < -0.3 is 15.4 Å². The molecular formula is C19H24N4O3S. The molecule has 1 aromatic carbocycles. The SMILES string of the molecule is C[C@H]1COCCN1c1cc(C2(S(C)(=O)=O)CC2)nc(-c2ccc(N)cc2)n1. The number of morpholine rings is 1. The van der Waals surface area contributed by atoms with Crippen LogP contribution in [0.1, 0.15) is 25.5 Å². The Morgan fingerprint density at radius 2 is 1.93 bits per heavy atom. The molecule has 1 aliphatic carbocycles. The lowest BCUT2D eigenvalue weighted by Gasteiger charge is -2.34. The summed E-state index contributed by atoms with van der Waals surface area (Å²) in [6, 6.07) is 9.32. The van der Waals surface area contributed by atoms with Gasteiger partial charge in [-0.1, -0.05) is 0 Å². The van der Waals surface area contributed by atoms with Gasteiger partial charge in [-0.05, 0) is 44.0 Å². The molecule has 0 radical (unpaired) electrons. The largest absolute Gasteiger partial charge is 0.399 e. The van der Waals surface area contributed by atoms with Crippen LogP contribution in [0.15, 0.2) is 30.3 Å². The molecule has 7 nitrogen and oxygen atoms in total. The van der Waals surface area contributed by atoms with Crippen molar-refractivity contribution in [2.45, 2.75) is 30.6 Å². The van der Waals surface area contributed by atoms with Crippen LogP contribution in [0.4, 0.5) is 11.5 Å². The van der Waals surface area contributed by atoms with Crippen LogP contribution >= 0.6 is 0 Å². The van der Waals surface area contributed by atoms with E-state index in [-0.39, 0.29) is 6.04 Å². The number of anilines is 2. The molecule has 0 spiro atoms. The molecule has 1 saturated heterocycles. The van der Waals surface area contributed by atoms with Crippen LogP contribution < -0.4 is 10.6 Å². The van der Waals surface area contributed by atoms with Gasteiger partial charge in [0.1, 0.15) is 10.6 Å². The molecule has 4 rings (SSSR count). The number of aromatic nitrogens is 2. The summed E-state index contributed by atoms with van der Waals surface area (Å²) < 4.78 is 29.5. The lowest BCUT2D eigenvalue weighted by molar-refractivity contribution is 0.0985. The number of nitrogens with zero attached hydrogens (tertiary/aromatic N) is 3. The van der Waals surface area contributed by atoms with E-state index in [4.69, 9.17) is 15.5 Å². The molecule has 8 heteroatoms. The van der Waals surface area contributed by atoms with Crippen molar-refractivity contribution in [2.24, 2.45) is 0 Å². The van der Waals surface area contributed by atoms with Crippen molar-refractivity contribution in [3.8, 4) is 11.4 Å². The number of ether oxygens (including phenoxy) is 1. The number of nitrogens with two attached hydrogens (primary N) is 1. The Bertz CT molecular complexity index is 955. The Balaban J connectivity index is 1.85. The van der Waals surface area contributed by atoms with Gasteiger partial charge in [0.25, 0.3) is 0 Å². The molecule has 2 aliphatic rings. The van der Waals surface area contributed by atoms with Crippen LogP contribution in [0.2, 0.25) is 0 Å². The Morgan fingerprint density at radius 1 is 1.22 bits per heavy atom. The maximum absolute atomic E-state index is 12.4. The van der Waals surface area contributed by atoms with E-state index in [1.165, 1.54) is 6.26 Å². The van der Waals surface area contributed by atoms with Crippen molar-refractivity contribution in [1.82, 2.24) is 9.97 Å². The number of nitrogen functional groups attached to an aromatic ring is 1. The fraction of sp³-hybridized carbons (Fsp3) is 0.474. The van der Waals surface area contributed by atoms with Crippen molar-refractivity contribution in [1.29, 1.82) is 0 Å². The molecule has 2 N–H and O–H groups in total. The Kier molecular flexibility index (Phi) is 4.35. The summed E-state index contributed by atoms with van der Waals surface area (Å²) in [5.74, 6) is 1.27. The van der Waals surface area contributed by atoms with Gasteiger partial charge >= 0.3 is 0 Å². The summed E-state index contributed by atoms with van der Waals surface area (Å²) in [7, 11) is -3.26. The smallest absolute Gasteiger partial charge is 0.161 e. The van der Waals surface area contributed by atoms with Crippen LogP contribution in [0.3, 0.4) is 0 Å². The van der Waals surface area contributed by atoms with Crippen LogP contribution in [-0.2, 0) is 19.3 Å². The maximum atomic E-state index is 12.4. The second kappa shape index (κ2) is 6.45. The Morgan fingerprint density at radius 3 is 2.52 bits per heavy atom. The average molecular weight is 388 g/mol. The predicted octanol–water partition coefficient (Wildman–Crippen LogP) is 1.98. The molecule has 27 heavy (non-hydrogen) atoms. The monoisotopic (exact) mass is 388 g/mol. The minimum Gasteiger partial charge on any atom is -0.399 e. The summed E-state index contributed by atoms with van der Waals surface area (Å²) in [4.78, 5) is 11.6. The summed E-state index contributed by atoms with van der Waals surface area (Å²) >= 11 is 0. The number of hydrogen-bond donors (Lipinski definition) is 1. The summed E-state index contributed by atoms with van der Waals surface area (Å²) in [5, 5.41) is 0. The molecule has 144 valence electrons. The standard InChI is InChI=1S/C19H24N4O3S/c1-13-12-26-10-9-23(13)17-11-16(19(7-8-19)27(2,24)25)21-18(22-17)14-3-5-15(20)6-4-14/h3-6,11,13H,7-10,12,20H2,1-2H3/t13-/m0/s1. The second-order valence-electron chi connectivity index (χ2n) is 7.44. The normalized spacial score (nSPS) is 21.9. The number of rotatable bonds is 4. The first-order chi connectivity index (χ1) is 12.8. The zero-order valence-electron chi connectivity index (χ0n) is 15.6. The van der Waals surface area contributed by atoms with E-state index in [2.05, 4.69) is 16.8 Å². The average Bonchev–Trinajstić information content (AvgIpc) is 3.44. The fourth-order valence-electron chi connectivity index (χ4n) is 3.57. The van der Waals surface area contributed by atoms with Gasteiger partial charge in [0, 0.05) is 30.1 Å². The van der Waals surface area contributed by atoms with Gasteiger partial charge in [-0.15, -0.1) is 0 Å². The van der Waals surface area contributed by atoms with Crippen molar-refractivity contribution >= 4 is 21.3 Å². The van der Waals surface area contributed by atoms with E-state index in [1.807, 2.05) is 18.2 Å². The summed E-state index contributed by atoms with van der Waals surface area (Å²) in [5.41, 5.74) is 7.85. The van der Waals surface area contributed by atoms with E-state index in [0.717, 1.165) is 11.4 Å². The van der Waals surface area contributed by atoms with Gasteiger partial charge in [-0.2, -0.15) is 0 Å². The molecule has 1 aromatic heterocycles. The molecule has 0 unspecified atom stereocenters. The summed E-state index contributed by atoms with van der Waals surface area (Å²) in [6.45, 7) is 4.03. The van der Waals surface area contributed by atoms with Gasteiger partial charge in [0.05, 0.1) is 24.9 Å². The minimum absolute atomic E-state index is 0.161. The number of hydrogen-bond acceptors (Lipinski definition) is 7. The van der Waals surface area contributed by atoms with Crippen molar-refractivity contribution < 1.29 is 13.2 Å². The first-order valence-electron chi connectivity index (χ1n) is 9.10. The zero-order valence-corrected chi connectivity index (χ0v) is 16.4. The van der Waals surface area contributed by atoms with E-state index < -0.39 is 14.6 Å². The van der Waals surface area contributed by atoms with Gasteiger partial charge in [-0.3, -0.25) is 0 Å². The molecule has 2 fully saturated rings. The highest BCUT2D eigenvalue weighted by atomic mass is 32.2. The van der Waals surface area contributed by atoms with Crippen molar-refractivity contribution in [2.75, 3.05) is 36.6 Å². The first-order valence-corrected chi connectivity index (χ1v) is 11.0. The molecule has 1 aliphatic heterocycles. The van der Waals surface area contributed by atoms with Crippen molar-refractivity contribution in [3.63, 3.8) is 0 Å². The van der Waals surface area contributed by atoms with Gasteiger partial charge in [-0.25, -0.2) is 18.4 Å². The third kappa shape index (κ3) is 3.27. The van der Waals surface area contributed by atoms with E-state index in [0.29, 0.717) is 49.8 Å². The molecule has 0 bridgehead atoms. The molecule has 1 atom stereocenters. The molecule has 2 aromatic rings. The van der Waals surface area contributed by atoms with E-state index in [1.54, 1.807) is 12.1 Å². The van der Waals surface area contributed by atoms with Crippen LogP contribution in [0.25, 0.3) is 11.4 Å². The highest BCUT2D eigenvalue weighted by Crippen LogP contribution is 2.52. The Hall–Kier alpha value is -2.19. The molecule has 0 amide bonds. The van der Waals surface area contributed by atoms with Gasteiger partial charge in [0.2, 0.25) is 0 Å². The third-order valence-electron chi connectivity index (χ3n) is 5.42.